The summed E-state index contributed by atoms with van der Waals surface area (Å²) in [5.41, 5.74) is 3.06. The number of ether oxygens (including phenoxy) is 1. The van der Waals surface area contributed by atoms with Crippen molar-refractivity contribution < 1.29 is 18.4 Å². The predicted octanol–water partition coefficient (Wildman–Crippen LogP) is 4.08. The second-order valence-corrected chi connectivity index (χ2v) is 6.38. The van der Waals surface area contributed by atoms with Gasteiger partial charge in [-0.3, -0.25) is 4.79 Å². The zero-order valence-electron chi connectivity index (χ0n) is 14.9. The molecular weight excluding hydrogens is 347 g/mol. The Morgan fingerprint density at radius 2 is 2.07 bits per heavy atom. The van der Waals surface area contributed by atoms with Crippen LogP contribution in [0.4, 0.5) is 4.39 Å². The van der Waals surface area contributed by atoms with Crippen LogP contribution in [0.5, 0.6) is 5.75 Å². The Kier molecular flexibility index (Phi) is 4.62. The third kappa shape index (κ3) is 3.43. The summed E-state index contributed by atoms with van der Waals surface area (Å²) in [5, 5.41) is 4.13. The molecule has 3 aromatic rings. The molecule has 1 aromatic heterocycles. The number of rotatable bonds is 4. The Morgan fingerprint density at radius 3 is 2.85 bits per heavy atom. The average molecular weight is 366 g/mol. The molecule has 2 aromatic carbocycles. The highest BCUT2D eigenvalue weighted by Gasteiger charge is 2.28. The highest BCUT2D eigenvalue weighted by molar-refractivity contribution is 5.94. The SMILES string of the molecule is CCOc1cccc(C(=O)N2CCc3noc(-c4ccc(F)cc4)c3C2)c1. The number of halogens is 1. The molecule has 0 spiro atoms. The van der Waals surface area contributed by atoms with Gasteiger partial charge in [-0.25, -0.2) is 4.39 Å². The smallest absolute Gasteiger partial charge is 0.254 e. The largest absolute Gasteiger partial charge is 0.494 e. The van der Waals surface area contributed by atoms with Crippen molar-refractivity contribution in [3.63, 3.8) is 0 Å². The maximum absolute atomic E-state index is 13.2. The maximum atomic E-state index is 13.2. The highest BCUT2D eigenvalue weighted by atomic mass is 19.1. The number of amides is 1. The molecule has 0 bridgehead atoms. The fraction of sp³-hybridized carbons (Fsp3) is 0.238. The predicted molar refractivity (Wildman–Crippen MR) is 98.0 cm³/mol. The Hall–Kier alpha value is -3.15. The van der Waals surface area contributed by atoms with Crippen molar-refractivity contribution in [1.29, 1.82) is 0 Å². The zero-order valence-corrected chi connectivity index (χ0v) is 14.9. The quantitative estimate of drug-likeness (QED) is 0.698. The van der Waals surface area contributed by atoms with Gasteiger partial charge in [0.05, 0.1) is 18.8 Å². The van der Waals surface area contributed by atoms with Crippen LogP contribution < -0.4 is 4.74 Å². The van der Waals surface area contributed by atoms with Crippen molar-refractivity contribution in [1.82, 2.24) is 10.1 Å². The van der Waals surface area contributed by atoms with Crippen molar-refractivity contribution in [2.75, 3.05) is 13.2 Å². The number of fused-ring (bicyclic) bond motifs is 1. The first-order valence-corrected chi connectivity index (χ1v) is 8.91. The Morgan fingerprint density at radius 1 is 1.26 bits per heavy atom. The molecular formula is C21H19FN2O3. The molecule has 1 aliphatic rings. The second-order valence-electron chi connectivity index (χ2n) is 6.38. The van der Waals surface area contributed by atoms with Gasteiger partial charge in [-0.15, -0.1) is 0 Å². The second kappa shape index (κ2) is 7.23. The molecule has 2 heterocycles. The van der Waals surface area contributed by atoms with E-state index in [-0.39, 0.29) is 11.7 Å². The van der Waals surface area contributed by atoms with E-state index >= 15 is 0 Å². The first kappa shape index (κ1) is 17.3. The zero-order chi connectivity index (χ0) is 18.8. The topological polar surface area (TPSA) is 55.6 Å². The van der Waals surface area contributed by atoms with Gasteiger partial charge in [-0.1, -0.05) is 11.2 Å². The third-order valence-corrected chi connectivity index (χ3v) is 4.62. The molecule has 1 amide bonds. The van der Waals surface area contributed by atoms with Gasteiger partial charge in [-0.2, -0.15) is 0 Å². The van der Waals surface area contributed by atoms with Crippen LogP contribution in [0, 0.1) is 5.82 Å². The van der Waals surface area contributed by atoms with Crippen LogP contribution in [-0.2, 0) is 13.0 Å². The van der Waals surface area contributed by atoms with E-state index < -0.39 is 0 Å². The van der Waals surface area contributed by atoms with Crippen LogP contribution in [0.1, 0.15) is 28.5 Å². The molecule has 138 valence electrons. The van der Waals surface area contributed by atoms with Crippen LogP contribution in [0.3, 0.4) is 0 Å². The minimum Gasteiger partial charge on any atom is -0.494 e. The lowest BCUT2D eigenvalue weighted by atomic mass is 10.0. The third-order valence-electron chi connectivity index (χ3n) is 4.62. The fourth-order valence-corrected chi connectivity index (χ4v) is 3.28. The molecule has 0 saturated carbocycles. The number of benzene rings is 2. The maximum Gasteiger partial charge on any atom is 0.254 e. The number of hydrogen-bond acceptors (Lipinski definition) is 4. The first-order chi connectivity index (χ1) is 13.2. The van der Waals surface area contributed by atoms with Crippen molar-refractivity contribution in [3.8, 4) is 17.1 Å². The Bertz CT molecular complexity index is 966. The summed E-state index contributed by atoms with van der Waals surface area (Å²) < 4.78 is 24.2. The van der Waals surface area contributed by atoms with Gasteiger partial charge in [0.2, 0.25) is 0 Å². The van der Waals surface area contributed by atoms with E-state index in [2.05, 4.69) is 5.16 Å². The number of nitrogens with zero attached hydrogens (tertiary/aromatic N) is 2. The van der Waals surface area contributed by atoms with Gasteiger partial charge in [0.25, 0.3) is 5.91 Å². The van der Waals surface area contributed by atoms with Crippen molar-refractivity contribution in [2.45, 2.75) is 19.9 Å². The van der Waals surface area contributed by atoms with Gasteiger partial charge < -0.3 is 14.2 Å². The van der Waals surface area contributed by atoms with Gasteiger partial charge in [0, 0.05) is 29.7 Å². The number of carbonyl (C=O) groups is 1. The van der Waals surface area contributed by atoms with E-state index in [1.54, 1.807) is 29.2 Å². The summed E-state index contributed by atoms with van der Waals surface area (Å²) in [7, 11) is 0. The summed E-state index contributed by atoms with van der Waals surface area (Å²) in [4.78, 5) is 14.7. The minimum atomic E-state index is -0.307. The van der Waals surface area contributed by atoms with Gasteiger partial charge in [-0.05, 0) is 49.4 Å². The molecule has 27 heavy (non-hydrogen) atoms. The summed E-state index contributed by atoms with van der Waals surface area (Å²) in [6, 6.07) is 13.3. The Balaban J connectivity index is 1.59. The number of hydrogen-bond donors (Lipinski definition) is 0. The Labute approximate surface area is 156 Å². The molecule has 0 N–H and O–H groups in total. The molecule has 1 aliphatic heterocycles. The fourth-order valence-electron chi connectivity index (χ4n) is 3.28. The van der Waals surface area contributed by atoms with Crippen molar-refractivity contribution in [3.05, 3.63) is 71.2 Å². The molecule has 5 nitrogen and oxygen atoms in total. The molecule has 6 heteroatoms. The van der Waals surface area contributed by atoms with Crippen LogP contribution in [-0.4, -0.2) is 29.1 Å². The molecule has 4 rings (SSSR count). The summed E-state index contributed by atoms with van der Waals surface area (Å²) in [5.74, 6) is 0.898. The van der Waals surface area contributed by atoms with E-state index in [1.807, 2.05) is 19.1 Å². The molecule has 0 unspecified atom stereocenters. The van der Waals surface area contributed by atoms with Crippen LogP contribution in [0.25, 0.3) is 11.3 Å². The van der Waals surface area contributed by atoms with E-state index in [0.717, 1.165) is 16.8 Å². The van der Waals surface area contributed by atoms with E-state index in [1.165, 1.54) is 12.1 Å². The number of aromatic nitrogens is 1. The first-order valence-electron chi connectivity index (χ1n) is 8.91. The summed E-state index contributed by atoms with van der Waals surface area (Å²) in [6.07, 6.45) is 0.622. The average Bonchev–Trinajstić information content (AvgIpc) is 3.12. The van der Waals surface area contributed by atoms with E-state index in [4.69, 9.17) is 9.26 Å². The number of carbonyl (C=O) groups excluding carboxylic acids is 1. The van der Waals surface area contributed by atoms with Gasteiger partial charge in [0.15, 0.2) is 5.76 Å². The summed E-state index contributed by atoms with van der Waals surface area (Å²) >= 11 is 0. The molecule has 0 radical (unpaired) electrons. The lowest BCUT2D eigenvalue weighted by Crippen LogP contribution is -2.35. The normalized spacial score (nSPS) is 13.3. The van der Waals surface area contributed by atoms with Crippen LogP contribution in [0.15, 0.2) is 53.1 Å². The van der Waals surface area contributed by atoms with Crippen molar-refractivity contribution in [2.24, 2.45) is 0 Å². The molecule has 0 aliphatic carbocycles. The molecule has 0 fully saturated rings. The van der Waals surface area contributed by atoms with Gasteiger partial charge >= 0.3 is 0 Å². The van der Waals surface area contributed by atoms with Crippen molar-refractivity contribution >= 4 is 5.91 Å². The van der Waals surface area contributed by atoms with E-state index in [9.17, 15) is 9.18 Å². The lowest BCUT2D eigenvalue weighted by molar-refractivity contribution is 0.0734. The van der Waals surface area contributed by atoms with Crippen LogP contribution in [0.2, 0.25) is 0 Å². The van der Waals surface area contributed by atoms with E-state index in [0.29, 0.717) is 43.2 Å². The minimum absolute atomic E-state index is 0.0616. The monoisotopic (exact) mass is 366 g/mol. The lowest BCUT2D eigenvalue weighted by Gasteiger charge is -2.26. The highest BCUT2D eigenvalue weighted by Crippen LogP contribution is 2.31. The molecule has 0 atom stereocenters. The van der Waals surface area contributed by atoms with Crippen LogP contribution >= 0.6 is 0 Å². The van der Waals surface area contributed by atoms with Gasteiger partial charge in [0.1, 0.15) is 11.6 Å². The molecule has 0 saturated heterocycles. The summed E-state index contributed by atoms with van der Waals surface area (Å²) in [6.45, 7) is 3.43. The standard InChI is InChI=1S/C21H19FN2O3/c1-2-26-17-5-3-4-15(12-17)21(25)24-11-10-19-18(13-24)20(27-23-19)14-6-8-16(22)9-7-14/h3-9,12H,2,10-11,13H2,1H3.